The lowest BCUT2D eigenvalue weighted by molar-refractivity contribution is -0.192. The summed E-state index contributed by atoms with van der Waals surface area (Å²) in [6.07, 6.45) is 11.6. The van der Waals surface area contributed by atoms with Crippen LogP contribution in [0.3, 0.4) is 0 Å². The minimum atomic E-state index is -0.445. The van der Waals surface area contributed by atoms with Crippen molar-refractivity contribution < 1.29 is 19.1 Å². The second-order valence-electron chi connectivity index (χ2n) is 14.3. The van der Waals surface area contributed by atoms with E-state index >= 15 is 0 Å². The van der Waals surface area contributed by atoms with Crippen LogP contribution >= 0.6 is 0 Å². The Hall–Kier alpha value is -2.43. The Morgan fingerprint density at radius 2 is 1.68 bits per heavy atom. The number of imide groups is 1. The lowest BCUT2D eigenvalue weighted by Crippen LogP contribution is -2.60. The van der Waals surface area contributed by atoms with Gasteiger partial charge in [0.2, 0.25) is 11.8 Å². The Labute approximate surface area is 226 Å². The van der Waals surface area contributed by atoms with E-state index in [2.05, 4.69) is 26.8 Å². The summed E-state index contributed by atoms with van der Waals surface area (Å²) < 4.78 is 5.39. The van der Waals surface area contributed by atoms with Gasteiger partial charge in [-0.2, -0.15) is 0 Å². The van der Waals surface area contributed by atoms with Crippen LogP contribution in [-0.4, -0.2) is 24.9 Å². The number of amides is 2. The van der Waals surface area contributed by atoms with Crippen LogP contribution < -0.4 is 4.90 Å². The zero-order valence-electron chi connectivity index (χ0n) is 23.3. The molecule has 0 N–H and O–H groups in total. The van der Waals surface area contributed by atoms with E-state index in [0.29, 0.717) is 23.9 Å². The van der Waals surface area contributed by atoms with Crippen molar-refractivity contribution in [3.8, 4) is 0 Å². The van der Waals surface area contributed by atoms with Crippen LogP contribution in [0.4, 0.5) is 5.69 Å². The maximum absolute atomic E-state index is 14.3. The number of carbonyl (C=O) groups excluding carboxylic acids is 3. The fourth-order valence-electron chi connectivity index (χ4n) is 11.6. The summed E-state index contributed by atoms with van der Waals surface area (Å²) in [5, 5.41) is 0. The highest BCUT2D eigenvalue weighted by molar-refractivity contribution is 6.22. The highest BCUT2D eigenvalue weighted by Crippen LogP contribution is 2.78. The number of esters is 1. The number of fused-ring (bicyclic) bond motifs is 7. The summed E-state index contributed by atoms with van der Waals surface area (Å²) in [5.74, 6) is 0.309. The summed E-state index contributed by atoms with van der Waals surface area (Å²) in [6, 6.07) is 9.52. The average molecular weight is 516 g/mol. The van der Waals surface area contributed by atoms with Gasteiger partial charge in [-0.25, -0.2) is 0 Å². The molecule has 1 saturated heterocycles. The molecule has 202 valence electrons. The van der Waals surface area contributed by atoms with Crippen molar-refractivity contribution in [3.05, 3.63) is 42.0 Å². The van der Waals surface area contributed by atoms with E-state index in [1.165, 1.54) is 17.6 Å². The van der Waals surface area contributed by atoms with Gasteiger partial charge in [0, 0.05) is 0 Å². The molecule has 1 aromatic carbocycles. The number of methoxy groups -OCH3 is 1. The Kier molecular flexibility index (Phi) is 5.06. The summed E-state index contributed by atoms with van der Waals surface area (Å²) >= 11 is 0. The lowest BCUT2D eigenvalue weighted by atomic mass is 9.39. The Morgan fingerprint density at radius 1 is 0.947 bits per heavy atom. The van der Waals surface area contributed by atoms with Gasteiger partial charge in [-0.15, -0.1) is 0 Å². The van der Waals surface area contributed by atoms with Crippen LogP contribution in [0.25, 0.3) is 0 Å². The second-order valence-corrected chi connectivity index (χ2v) is 14.3. The van der Waals surface area contributed by atoms with Gasteiger partial charge in [-0.1, -0.05) is 50.1 Å². The van der Waals surface area contributed by atoms with E-state index in [9.17, 15) is 14.4 Å². The predicted molar refractivity (Wildman–Crippen MR) is 145 cm³/mol. The predicted octanol–water partition coefficient (Wildman–Crippen LogP) is 6.32. The van der Waals surface area contributed by atoms with E-state index in [1.807, 2.05) is 30.3 Å². The minimum Gasteiger partial charge on any atom is -0.469 e. The highest BCUT2D eigenvalue weighted by Gasteiger charge is 2.73. The number of rotatable bonds is 2. The SMILES string of the molecule is COC(=O)[C@]1(C)CCC[C@@]2(C)[C@@H]3CC[C@@]4(C)C[C@]3(CC[C@@H]21)[C@H]1C4=CC[C@H]2C(=O)N(c3ccccc3)C(=O)[C@H]21. The first-order valence-electron chi connectivity index (χ1n) is 14.8. The van der Waals surface area contributed by atoms with Crippen LogP contribution in [0, 0.1) is 51.2 Å². The molecule has 5 fully saturated rings. The summed E-state index contributed by atoms with van der Waals surface area (Å²) in [4.78, 5) is 42.7. The van der Waals surface area contributed by atoms with Crippen LogP contribution in [0.2, 0.25) is 0 Å². The smallest absolute Gasteiger partial charge is 0.311 e. The van der Waals surface area contributed by atoms with Gasteiger partial charge in [0.15, 0.2) is 0 Å². The van der Waals surface area contributed by atoms with Crippen molar-refractivity contribution in [3.63, 3.8) is 0 Å². The third kappa shape index (κ3) is 2.81. The van der Waals surface area contributed by atoms with Gasteiger partial charge >= 0.3 is 5.97 Å². The molecule has 2 bridgehead atoms. The molecule has 1 aliphatic heterocycles. The van der Waals surface area contributed by atoms with Gasteiger partial charge in [0.25, 0.3) is 0 Å². The summed E-state index contributed by atoms with van der Waals surface area (Å²) in [5.41, 5.74) is 1.90. The van der Waals surface area contributed by atoms with E-state index in [-0.39, 0.29) is 51.8 Å². The molecule has 38 heavy (non-hydrogen) atoms. The number of carbonyl (C=O) groups is 3. The summed E-state index contributed by atoms with van der Waals surface area (Å²) in [7, 11) is 1.54. The molecule has 5 aliphatic carbocycles. The largest absolute Gasteiger partial charge is 0.469 e. The van der Waals surface area contributed by atoms with Gasteiger partial charge < -0.3 is 4.74 Å². The Bertz CT molecular complexity index is 1250. The van der Waals surface area contributed by atoms with Crippen molar-refractivity contribution in [1.29, 1.82) is 0 Å². The standard InChI is InChI=1S/C33H41NO4/c1-30-17-13-24-31(2)15-8-16-32(3,29(37)38-4)23(31)14-18-33(24,19-30)26-22(30)12-11-21-25(26)28(36)34(27(21)35)20-9-6-5-7-10-20/h5-7,9-10,12,21,23-26H,8,11,13-19H2,1-4H3/t21-,23+,24+,25-,26+,30+,31-,32-,33+/m1/s1. The first-order chi connectivity index (χ1) is 18.1. The van der Waals surface area contributed by atoms with E-state index in [0.717, 1.165) is 51.4 Å². The van der Waals surface area contributed by atoms with Crippen molar-refractivity contribution >= 4 is 23.5 Å². The normalized spacial score (nSPS) is 47.0. The molecule has 5 nitrogen and oxygen atoms in total. The number of hydrogen-bond donors (Lipinski definition) is 0. The summed E-state index contributed by atoms with van der Waals surface area (Å²) in [6.45, 7) is 7.05. The molecule has 0 radical (unpaired) electrons. The van der Waals surface area contributed by atoms with E-state index in [4.69, 9.17) is 4.74 Å². The fourth-order valence-corrected chi connectivity index (χ4v) is 11.6. The van der Waals surface area contributed by atoms with Gasteiger partial charge in [0.05, 0.1) is 30.0 Å². The molecular weight excluding hydrogens is 474 g/mol. The molecular formula is C33H41NO4. The molecule has 7 rings (SSSR count). The molecule has 6 aliphatic rings. The Balaban J connectivity index is 1.33. The fraction of sp³-hybridized carbons (Fsp3) is 0.667. The number of para-hydroxylation sites is 1. The monoisotopic (exact) mass is 515 g/mol. The first-order valence-corrected chi connectivity index (χ1v) is 14.8. The van der Waals surface area contributed by atoms with Crippen LogP contribution in [0.1, 0.15) is 78.6 Å². The number of anilines is 1. The van der Waals surface area contributed by atoms with Crippen LogP contribution in [-0.2, 0) is 19.1 Å². The highest BCUT2D eigenvalue weighted by atomic mass is 16.5. The topological polar surface area (TPSA) is 63.7 Å². The molecule has 2 amide bonds. The van der Waals surface area contributed by atoms with Crippen LogP contribution in [0.15, 0.2) is 42.0 Å². The molecule has 1 aromatic rings. The maximum Gasteiger partial charge on any atom is 0.311 e. The number of benzene rings is 1. The van der Waals surface area contributed by atoms with Gasteiger partial charge in [-0.3, -0.25) is 19.3 Å². The molecule has 5 heteroatoms. The van der Waals surface area contributed by atoms with Crippen LogP contribution in [0.5, 0.6) is 0 Å². The van der Waals surface area contributed by atoms with Gasteiger partial charge in [-0.05, 0) is 104 Å². The molecule has 0 unspecified atom stereocenters. The van der Waals surface area contributed by atoms with E-state index < -0.39 is 5.41 Å². The van der Waals surface area contributed by atoms with Crippen molar-refractivity contribution in [2.24, 2.45) is 51.2 Å². The molecule has 9 atom stereocenters. The van der Waals surface area contributed by atoms with Gasteiger partial charge in [0.1, 0.15) is 0 Å². The zero-order valence-corrected chi connectivity index (χ0v) is 23.3. The van der Waals surface area contributed by atoms with Crippen molar-refractivity contribution in [1.82, 2.24) is 0 Å². The third-order valence-electron chi connectivity index (χ3n) is 12.8. The maximum atomic E-state index is 14.3. The average Bonchev–Trinajstić information content (AvgIpc) is 3.27. The molecule has 4 saturated carbocycles. The Morgan fingerprint density at radius 3 is 2.42 bits per heavy atom. The lowest BCUT2D eigenvalue weighted by Gasteiger charge is -2.65. The minimum absolute atomic E-state index is 0.0152. The number of hydrogen-bond acceptors (Lipinski definition) is 4. The molecule has 0 aromatic heterocycles. The second kappa shape index (κ2) is 7.82. The number of ether oxygens (including phenoxy) is 1. The molecule has 1 spiro atoms. The zero-order chi connectivity index (χ0) is 26.7. The quantitative estimate of drug-likeness (QED) is 0.263. The van der Waals surface area contributed by atoms with Crippen molar-refractivity contribution in [2.75, 3.05) is 12.0 Å². The number of nitrogens with zero attached hydrogens (tertiary/aromatic N) is 1. The first kappa shape index (κ1) is 24.6. The number of allylic oxidation sites excluding steroid dienone is 2. The van der Waals surface area contributed by atoms with Crippen molar-refractivity contribution in [2.45, 2.75) is 78.6 Å². The third-order valence-corrected chi connectivity index (χ3v) is 12.8. The van der Waals surface area contributed by atoms with E-state index in [1.54, 1.807) is 0 Å². The molecule has 1 heterocycles.